The van der Waals surface area contributed by atoms with E-state index < -0.39 is 0 Å². The summed E-state index contributed by atoms with van der Waals surface area (Å²) in [6.07, 6.45) is 25.4. The summed E-state index contributed by atoms with van der Waals surface area (Å²) < 4.78 is 0. The van der Waals surface area contributed by atoms with Gasteiger partial charge in [0.15, 0.2) is 0 Å². The average Bonchev–Trinajstić information content (AvgIpc) is 2.93. The van der Waals surface area contributed by atoms with Crippen LogP contribution in [0, 0.1) is 5.92 Å². The van der Waals surface area contributed by atoms with Crippen molar-refractivity contribution in [2.75, 3.05) is 0 Å². The first-order valence-corrected chi connectivity index (χ1v) is 14.0. The molecule has 0 saturated carbocycles. The molecule has 0 heteroatoms. The lowest BCUT2D eigenvalue weighted by Crippen LogP contribution is -2.02. The van der Waals surface area contributed by atoms with Crippen molar-refractivity contribution in [3.8, 4) is 0 Å². The standard InChI is InChI=1S/C20H24.C4H10.5C2H6/c1-5-9-14-18-15-11-10-12-16-20(19(18)8-4)17(7-3)13-6-2;1-3-4-2;5*1-2/h6-9,11-16,18H,2-5,10H2,1H3;3-4H2,1-2H3;5*1-2H3/b14-9-,15-11-,16-12-,17-13+,20-19+;;;;;;. The zero-order chi connectivity index (χ0) is 28.2. The Morgan fingerprint density at radius 3 is 1.68 bits per heavy atom. The van der Waals surface area contributed by atoms with Crippen LogP contribution < -0.4 is 0 Å². The molecule has 0 spiro atoms. The van der Waals surface area contributed by atoms with Gasteiger partial charge in [-0.05, 0) is 29.6 Å². The third kappa shape index (κ3) is 28.0. The van der Waals surface area contributed by atoms with Crippen molar-refractivity contribution in [1.29, 1.82) is 0 Å². The van der Waals surface area contributed by atoms with Gasteiger partial charge in [0.05, 0.1) is 0 Å². The fourth-order valence-electron chi connectivity index (χ4n) is 2.22. The number of allylic oxidation sites excluding steroid dienone is 13. The zero-order valence-corrected chi connectivity index (χ0v) is 25.8. The molecule has 0 aromatic heterocycles. The van der Waals surface area contributed by atoms with Crippen LogP contribution in [0.2, 0.25) is 0 Å². The van der Waals surface area contributed by atoms with Crippen LogP contribution in [0.5, 0.6) is 0 Å². The highest BCUT2D eigenvalue weighted by Crippen LogP contribution is 2.28. The maximum Gasteiger partial charge on any atom is 0.0204 e. The molecule has 200 valence electrons. The van der Waals surface area contributed by atoms with E-state index in [4.69, 9.17) is 0 Å². The van der Waals surface area contributed by atoms with Crippen molar-refractivity contribution >= 4 is 0 Å². The molecule has 0 aromatic carbocycles. The first-order chi connectivity index (χ1) is 16.7. The second-order valence-corrected chi connectivity index (χ2v) is 5.56. The first kappa shape index (κ1) is 45.4. The summed E-state index contributed by atoms with van der Waals surface area (Å²) in [5.74, 6) is 0.264. The lowest BCUT2D eigenvalue weighted by Gasteiger charge is -2.17. The van der Waals surface area contributed by atoms with Crippen molar-refractivity contribution < 1.29 is 0 Å². The van der Waals surface area contributed by atoms with Crippen LogP contribution in [0.3, 0.4) is 0 Å². The minimum absolute atomic E-state index is 0.264. The predicted molar refractivity (Wildman–Crippen MR) is 169 cm³/mol. The van der Waals surface area contributed by atoms with Crippen molar-refractivity contribution in [3.63, 3.8) is 0 Å². The van der Waals surface area contributed by atoms with E-state index in [0.717, 1.165) is 18.4 Å². The highest BCUT2D eigenvalue weighted by molar-refractivity contribution is 5.55. The highest BCUT2D eigenvalue weighted by atomic mass is 14.2. The maximum atomic E-state index is 4.00. The van der Waals surface area contributed by atoms with E-state index in [1.165, 1.54) is 24.0 Å². The van der Waals surface area contributed by atoms with Gasteiger partial charge in [0.1, 0.15) is 0 Å². The van der Waals surface area contributed by atoms with Crippen LogP contribution in [0.4, 0.5) is 0 Å². The monoisotopic (exact) mass is 473 g/mol. The van der Waals surface area contributed by atoms with Gasteiger partial charge in [-0.25, -0.2) is 0 Å². The molecule has 0 nitrogen and oxygen atoms in total. The quantitative estimate of drug-likeness (QED) is 0.255. The molecule has 0 radical (unpaired) electrons. The lowest BCUT2D eigenvalue weighted by molar-refractivity contribution is 0.886. The van der Waals surface area contributed by atoms with Gasteiger partial charge in [-0.1, -0.05) is 183 Å². The Morgan fingerprint density at radius 2 is 1.32 bits per heavy atom. The molecule has 1 aliphatic carbocycles. The van der Waals surface area contributed by atoms with Gasteiger partial charge >= 0.3 is 0 Å². The number of rotatable bonds is 7. The zero-order valence-electron chi connectivity index (χ0n) is 25.8. The van der Waals surface area contributed by atoms with Crippen molar-refractivity contribution in [1.82, 2.24) is 0 Å². The topological polar surface area (TPSA) is 0 Å². The van der Waals surface area contributed by atoms with Crippen LogP contribution >= 0.6 is 0 Å². The molecule has 0 fully saturated rings. The first-order valence-electron chi connectivity index (χ1n) is 14.0. The lowest BCUT2D eigenvalue weighted by atomic mass is 9.87. The molecule has 0 aromatic rings. The fraction of sp³-hybridized carbons (Fsp3) is 0.529. The molecule has 0 bridgehead atoms. The number of hydrogen-bond acceptors (Lipinski definition) is 0. The van der Waals surface area contributed by atoms with Crippen LogP contribution in [0.15, 0.2) is 97.2 Å². The fourth-order valence-corrected chi connectivity index (χ4v) is 2.22. The smallest absolute Gasteiger partial charge is 0.0204 e. The Kier molecular flexibility index (Phi) is 64.6. The van der Waals surface area contributed by atoms with Gasteiger partial charge < -0.3 is 0 Å². The van der Waals surface area contributed by atoms with Gasteiger partial charge in [0.2, 0.25) is 0 Å². The Balaban J connectivity index is -0.000000118. The van der Waals surface area contributed by atoms with Crippen molar-refractivity contribution in [2.24, 2.45) is 5.92 Å². The van der Waals surface area contributed by atoms with E-state index in [1.54, 1.807) is 6.08 Å². The summed E-state index contributed by atoms with van der Waals surface area (Å²) in [5.41, 5.74) is 3.45. The van der Waals surface area contributed by atoms with E-state index in [-0.39, 0.29) is 5.92 Å². The van der Waals surface area contributed by atoms with Crippen LogP contribution in [0.25, 0.3) is 0 Å². The van der Waals surface area contributed by atoms with E-state index in [0.29, 0.717) is 0 Å². The normalized spacial score (nSPS) is 17.4. The third-order valence-electron chi connectivity index (χ3n) is 3.70. The maximum absolute atomic E-state index is 4.00. The van der Waals surface area contributed by atoms with Gasteiger partial charge in [-0.2, -0.15) is 0 Å². The van der Waals surface area contributed by atoms with E-state index in [9.17, 15) is 0 Å². The summed E-state index contributed by atoms with van der Waals surface area (Å²) in [6, 6.07) is 0. The Bertz CT molecular complexity index is 530. The molecule has 1 unspecified atom stereocenters. The molecule has 0 heterocycles. The van der Waals surface area contributed by atoms with Crippen LogP contribution in [-0.4, -0.2) is 0 Å². The minimum atomic E-state index is 0.264. The van der Waals surface area contributed by atoms with E-state index >= 15 is 0 Å². The van der Waals surface area contributed by atoms with Crippen LogP contribution in [-0.2, 0) is 0 Å². The molecule has 1 rings (SSSR count). The second-order valence-electron chi connectivity index (χ2n) is 5.56. The Morgan fingerprint density at radius 1 is 0.824 bits per heavy atom. The Hall–Kier alpha value is -2.08. The molecule has 0 saturated heterocycles. The summed E-state index contributed by atoms with van der Waals surface area (Å²) in [4.78, 5) is 0. The number of hydrogen-bond donors (Lipinski definition) is 0. The molecular weight excluding hydrogens is 408 g/mol. The van der Waals surface area contributed by atoms with Gasteiger partial charge in [-0.15, -0.1) is 0 Å². The highest BCUT2D eigenvalue weighted by Gasteiger charge is 2.12. The molecular formula is C34H64. The SMILES string of the molecule is C=C/C=C(C=C)/C1=C(\C=C)C(/C=C\CC)/C=C\C/C=C\1.CC.CC.CC.CC.CC.CCCC. The van der Waals surface area contributed by atoms with Gasteiger partial charge in [-0.3, -0.25) is 0 Å². The third-order valence-corrected chi connectivity index (χ3v) is 3.70. The van der Waals surface area contributed by atoms with Crippen LogP contribution in [0.1, 0.15) is 116 Å². The minimum Gasteiger partial charge on any atom is -0.0990 e. The van der Waals surface area contributed by atoms with Crippen molar-refractivity contribution in [2.45, 2.75) is 116 Å². The summed E-state index contributed by atoms with van der Waals surface area (Å²) in [6.45, 7) is 38.2. The van der Waals surface area contributed by atoms with Crippen molar-refractivity contribution in [3.05, 3.63) is 97.2 Å². The summed E-state index contributed by atoms with van der Waals surface area (Å²) in [7, 11) is 0. The largest absolute Gasteiger partial charge is 0.0990 e. The molecule has 1 aliphatic rings. The van der Waals surface area contributed by atoms with E-state index in [1.807, 2.05) is 87.5 Å². The van der Waals surface area contributed by atoms with E-state index in [2.05, 4.69) is 77.0 Å². The van der Waals surface area contributed by atoms with Gasteiger partial charge in [0, 0.05) is 5.92 Å². The Labute approximate surface area is 218 Å². The van der Waals surface area contributed by atoms with Gasteiger partial charge in [0.25, 0.3) is 0 Å². The number of unbranched alkanes of at least 4 members (excludes halogenated alkanes) is 1. The molecule has 0 aliphatic heterocycles. The second kappa shape index (κ2) is 48.4. The summed E-state index contributed by atoms with van der Waals surface area (Å²) >= 11 is 0. The summed E-state index contributed by atoms with van der Waals surface area (Å²) in [5, 5.41) is 0. The predicted octanol–water partition coefficient (Wildman–Crippen LogP) is 12.8. The molecule has 0 N–H and O–H groups in total. The molecule has 0 amide bonds. The molecule has 34 heavy (non-hydrogen) atoms. The average molecular weight is 473 g/mol. The molecule has 1 atom stereocenters.